The number of carbonyl (C=O) groups is 3. The Morgan fingerprint density at radius 3 is 2.44 bits per heavy atom. The van der Waals surface area contributed by atoms with E-state index in [0.717, 1.165) is 10.1 Å². The van der Waals surface area contributed by atoms with E-state index in [0.29, 0.717) is 22.7 Å². The predicted molar refractivity (Wildman–Crippen MR) is 95.4 cm³/mol. The number of carboxylic acid groups (broad SMARTS) is 1. The summed E-state index contributed by atoms with van der Waals surface area (Å²) in [7, 11) is 0. The van der Waals surface area contributed by atoms with Gasteiger partial charge < -0.3 is 5.11 Å². The zero-order valence-corrected chi connectivity index (χ0v) is 14.6. The number of allylic oxidation sites excluding steroid dienone is 2. The number of hydrazine groups is 1. The molecule has 2 atom stereocenters. The van der Waals surface area contributed by atoms with Crippen LogP contribution in [0.25, 0.3) is 10.1 Å². The molecular weight excluding hydrogens is 364 g/mol. The molecule has 2 aromatic rings. The molecule has 1 aromatic heterocycles. The van der Waals surface area contributed by atoms with E-state index in [1.807, 2.05) is 24.3 Å². The van der Waals surface area contributed by atoms with Crippen molar-refractivity contribution in [1.29, 1.82) is 0 Å². The average Bonchev–Trinajstić information content (AvgIpc) is 2.96. The molecule has 0 bridgehead atoms. The lowest BCUT2D eigenvalue weighted by Gasteiger charge is -2.24. The molecule has 0 saturated heterocycles. The van der Waals surface area contributed by atoms with Gasteiger partial charge in [-0.3, -0.25) is 25.2 Å². The molecule has 130 valence electrons. The first-order chi connectivity index (χ1) is 12.0. The number of nitrogens with one attached hydrogen (secondary N) is 2. The maximum Gasteiger partial charge on any atom is 0.307 e. The van der Waals surface area contributed by atoms with E-state index in [9.17, 15) is 19.5 Å². The molecule has 0 fully saturated rings. The lowest BCUT2D eigenvalue weighted by Crippen LogP contribution is -2.47. The lowest BCUT2D eigenvalue weighted by atomic mass is 9.82. The van der Waals surface area contributed by atoms with Crippen LogP contribution in [0.4, 0.5) is 0 Å². The Balaban J connectivity index is 1.69. The number of benzene rings is 1. The molecule has 25 heavy (non-hydrogen) atoms. The Hall–Kier alpha value is -2.38. The normalized spacial score (nSPS) is 19.6. The molecule has 0 unspecified atom stereocenters. The number of halogens is 1. The van der Waals surface area contributed by atoms with Crippen LogP contribution in [0.2, 0.25) is 5.02 Å². The van der Waals surface area contributed by atoms with Gasteiger partial charge in [0.1, 0.15) is 4.88 Å². The lowest BCUT2D eigenvalue weighted by molar-refractivity contribution is -0.147. The molecule has 3 N–H and O–H groups in total. The smallest absolute Gasteiger partial charge is 0.307 e. The van der Waals surface area contributed by atoms with Crippen LogP contribution in [0.1, 0.15) is 22.5 Å². The largest absolute Gasteiger partial charge is 0.481 e. The van der Waals surface area contributed by atoms with Gasteiger partial charge in [0.25, 0.3) is 5.91 Å². The number of hydrogen-bond donors (Lipinski definition) is 3. The minimum Gasteiger partial charge on any atom is -0.481 e. The topological polar surface area (TPSA) is 95.5 Å². The first-order valence-electron chi connectivity index (χ1n) is 7.64. The number of carboxylic acids is 1. The quantitative estimate of drug-likeness (QED) is 0.565. The van der Waals surface area contributed by atoms with E-state index in [2.05, 4.69) is 10.9 Å². The third-order valence-corrected chi connectivity index (χ3v) is 5.80. The van der Waals surface area contributed by atoms with E-state index < -0.39 is 29.6 Å². The van der Waals surface area contributed by atoms with Crippen molar-refractivity contribution in [2.24, 2.45) is 11.8 Å². The van der Waals surface area contributed by atoms with Gasteiger partial charge >= 0.3 is 5.97 Å². The van der Waals surface area contributed by atoms with Crippen LogP contribution < -0.4 is 10.9 Å². The summed E-state index contributed by atoms with van der Waals surface area (Å²) in [6.07, 6.45) is 4.14. The van der Waals surface area contributed by atoms with Crippen molar-refractivity contribution in [1.82, 2.24) is 10.9 Å². The molecule has 3 rings (SSSR count). The molecule has 1 aliphatic carbocycles. The molecule has 8 heteroatoms. The second-order valence-electron chi connectivity index (χ2n) is 5.68. The van der Waals surface area contributed by atoms with Crippen LogP contribution in [0.15, 0.2) is 36.4 Å². The van der Waals surface area contributed by atoms with E-state index in [1.54, 1.807) is 12.2 Å². The maximum atomic E-state index is 12.3. The van der Waals surface area contributed by atoms with Crippen molar-refractivity contribution in [3.63, 3.8) is 0 Å². The second-order valence-corrected chi connectivity index (χ2v) is 7.11. The number of hydrogen-bond acceptors (Lipinski definition) is 4. The summed E-state index contributed by atoms with van der Waals surface area (Å²) in [5.41, 5.74) is 4.65. The van der Waals surface area contributed by atoms with Gasteiger partial charge in [0, 0.05) is 10.1 Å². The predicted octanol–water partition coefficient (Wildman–Crippen LogP) is 2.98. The van der Waals surface area contributed by atoms with E-state index in [4.69, 9.17) is 11.6 Å². The van der Waals surface area contributed by atoms with Crippen LogP contribution >= 0.6 is 22.9 Å². The molecule has 0 spiro atoms. The first kappa shape index (κ1) is 17.4. The van der Waals surface area contributed by atoms with Gasteiger partial charge in [-0.25, -0.2) is 0 Å². The van der Waals surface area contributed by atoms with Gasteiger partial charge in [0.05, 0.1) is 16.9 Å². The average molecular weight is 379 g/mol. The van der Waals surface area contributed by atoms with Crippen molar-refractivity contribution in [3.8, 4) is 0 Å². The molecule has 1 aromatic carbocycles. The van der Waals surface area contributed by atoms with E-state index >= 15 is 0 Å². The highest BCUT2D eigenvalue weighted by Gasteiger charge is 2.34. The highest BCUT2D eigenvalue weighted by molar-refractivity contribution is 7.21. The number of fused-ring (bicyclic) bond motifs is 1. The van der Waals surface area contributed by atoms with Crippen molar-refractivity contribution >= 4 is 50.8 Å². The summed E-state index contributed by atoms with van der Waals surface area (Å²) in [4.78, 5) is 36.1. The fourth-order valence-corrected chi connectivity index (χ4v) is 4.22. The fourth-order valence-electron chi connectivity index (χ4n) is 2.80. The van der Waals surface area contributed by atoms with Crippen molar-refractivity contribution in [3.05, 3.63) is 46.3 Å². The zero-order chi connectivity index (χ0) is 18.0. The van der Waals surface area contributed by atoms with Gasteiger partial charge in [0.15, 0.2) is 0 Å². The number of thiophene rings is 1. The van der Waals surface area contributed by atoms with Crippen molar-refractivity contribution < 1.29 is 19.5 Å². The number of aliphatic carboxylic acids is 1. The molecule has 0 radical (unpaired) electrons. The number of amides is 2. The van der Waals surface area contributed by atoms with Crippen LogP contribution in [-0.4, -0.2) is 22.9 Å². The maximum absolute atomic E-state index is 12.3. The van der Waals surface area contributed by atoms with E-state index in [-0.39, 0.29) is 0 Å². The molecule has 6 nitrogen and oxygen atoms in total. The van der Waals surface area contributed by atoms with Gasteiger partial charge in [0.2, 0.25) is 5.91 Å². The Labute approximate surface area is 152 Å². The monoisotopic (exact) mass is 378 g/mol. The van der Waals surface area contributed by atoms with Crippen LogP contribution in [0.5, 0.6) is 0 Å². The molecule has 2 amide bonds. The van der Waals surface area contributed by atoms with Gasteiger partial charge in [-0.1, -0.05) is 42.0 Å². The van der Waals surface area contributed by atoms with Crippen molar-refractivity contribution in [2.75, 3.05) is 0 Å². The van der Waals surface area contributed by atoms with E-state index in [1.165, 1.54) is 11.3 Å². The Morgan fingerprint density at radius 2 is 1.76 bits per heavy atom. The summed E-state index contributed by atoms with van der Waals surface area (Å²) < 4.78 is 0.868. The van der Waals surface area contributed by atoms with Crippen LogP contribution in [-0.2, 0) is 9.59 Å². The first-order valence-corrected chi connectivity index (χ1v) is 8.83. The Bertz CT molecular complexity index is 877. The highest BCUT2D eigenvalue weighted by Crippen LogP contribution is 2.35. The molecule has 1 heterocycles. The standard InChI is InChI=1S/C17H15ClN2O4S/c18-13-11-7-3-4-8-12(11)25-14(13)16(22)20-19-15(21)9-5-1-2-6-10(9)17(23)24/h1-4,7-10H,5-6H2,(H,19,21)(H,20,22)(H,23,24)/t9-,10-/m0/s1. The van der Waals surface area contributed by atoms with Crippen molar-refractivity contribution in [2.45, 2.75) is 12.8 Å². The van der Waals surface area contributed by atoms with Gasteiger partial charge in [-0.05, 0) is 18.9 Å². The third kappa shape index (κ3) is 3.52. The van der Waals surface area contributed by atoms with Gasteiger partial charge in [-0.2, -0.15) is 0 Å². The summed E-state index contributed by atoms with van der Waals surface area (Å²) >= 11 is 7.45. The van der Waals surface area contributed by atoms with Crippen LogP contribution in [0, 0.1) is 11.8 Å². The Morgan fingerprint density at radius 1 is 1.08 bits per heavy atom. The Kier molecular flexibility index (Phi) is 5.06. The number of carbonyl (C=O) groups excluding carboxylic acids is 2. The summed E-state index contributed by atoms with van der Waals surface area (Å²) in [5, 5.41) is 10.3. The minimum atomic E-state index is -1.02. The highest BCUT2D eigenvalue weighted by atomic mass is 35.5. The molecule has 0 saturated carbocycles. The fraction of sp³-hybridized carbons (Fsp3) is 0.235. The number of rotatable bonds is 3. The SMILES string of the molecule is O=C(NNC(=O)[C@H]1CC=CC[C@@H]1C(=O)O)c1sc2ccccc2c1Cl. The summed E-state index contributed by atoms with van der Waals surface area (Å²) in [6.45, 7) is 0. The van der Waals surface area contributed by atoms with Gasteiger partial charge in [-0.15, -0.1) is 11.3 Å². The molecule has 1 aliphatic rings. The summed E-state index contributed by atoms with van der Waals surface area (Å²) in [6, 6.07) is 7.34. The summed E-state index contributed by atoms with van der Waals surface area (Å²) in [5.74, 6) is -3.60. The molecule has 0 aliphatic heterocycles. The minimum absolute atomic E-state index is 0.293. The van der Waals surface area contributed by atoms with Crippen LogP contribution in [0.3, 0.4) is 0 Å². The molecular formula is C17H15ClN2O4S. The third-order valence-electron chi connectivity index (χ3n) is 4.13. The second kappa shape index (κ2) is 7.25. The zero-order valence-electron chi connectivity index (χ0n) is 13.0.